The molecule has 0 saturated heterocycles. The van der Waals surface area contributed by atoms with Crippen molar-refractivity contribution in [3.05, 3.63) is 75.0 Å². The van der Waals surface area contributed by atoms with Crippen LogP contribution in [0.4, 0.5) is 0 Å². The average molecular weight is 467 g/mol. The monoisotopic (exact) mass is 466 g/mol. The number of carbonyl (C=O) groups is 1. The zero-order chi connectivity index (χ0) is 23.6. The third kappa shape index (κ3) is 5.85. The predicted molar refractivity (Wildman–Crippen MR) is 139 cm³/mol. The van der Waals surface area contributed by atoms with Crippen LogP contribution in [0.1, 0.15) is 77.5 Å². The lowest BCUT2D eigenvalue weighted by atomic mass is 9.85. The van der Waals surface area contributed by atoms with Gasteiger partial charge in [0.2, 0.25) is 0 Å². The van der Waals surface area contributed by atoms with E-state index < -0.39 is 5.97 Å². The van der Waals surface area contributed by atoms with Gasteiger partial charge in [-0.25, -0.2) is 4.79 Å². The van der Waals surface area contributed by atoms with Gasteiger partial charge in [0.15, 0.2) is 0 Å². The average Bonchev–Trinajstić information content (AvgIpc) is 3.17. The van der Waals surface area contributed by atoms with Gasteiger partial charge >= 0.3 is 5.97 Å². The molecule has 1 aromatic heterocycles. The molecule has 1 unspecified atom stereocenters. The van der Waals surface area contributed by atoms with E-state index in [2.05, 4.69) is 84.9 Å². The summed E-state index contributed by atoms with van der Waals surface area (Å²) in [7, 11) is 0. The molecule has 0 spiro atoms. The van der Waals surface area contributed by atoms with E-state index in [-0.39, 0.29) is 10.7 Å². The second-order valence-corrected chi connectivity index (χ2v) is 12.4. The highest BCUT2D eigenvalue weighted by molar-refractivity contribution is 7.99. The lowest BCUT2D eigenvalue weighted by Gasteiger charge is -2.21. The van der Waals surface area contributed by atoms with Gasteiger partial charge in [-0.2, -0.15) is 0 Å². The number of hydrogen-bond donors (Lipinski definition) is 1. The van der Waals surface area contributed by atoms with Gasteiger partial charge in [0.25, 0.3) is 0 Å². The molecule has 1 N–H and O–H groups in total. The summed E-state index contributed by atoms with van der Waals surface area (Å²) in [5.74, 6) is -0.311. The van der Waals surface area contributed by atoms with Gasteiger partial charge in [0.05, 0.1) is 0 Å². The van der Waals surface area contributed by atoms with E-state index in [0.717, 1.165) is 11.3 Å². The largest absolute Gasteiger partial charge is 0.477 e. The fraction of sp³-hybridized carbons (Fsp3) is 0.393. The van der Waals surface area contributed by atoms with Crippen LogP contribution in [-0.4, -0.2) is 11.1 Å². The molecule has 0 radical (unpaired) electrons. The van der Waals surface area contributed by atoms with Crippen LogP contribution in [0.2, 0.25) is 0 Å². The Morgan fingerprint density at radius 2 is 1.59 bits per heavy atom. The Bertz CT molecular complexity index is 1060. The lowest BCUT2D eigenvalue weighted by molar-refractivity contribution is 0.0702. The molecule has 2 aromatic carbocycles. The number of aromatic carboxylic acids is 1. The highest BCUT2D eigenvalue weighted by Gasteiger charge is 2.20. The molecule has 0 saturated carbocycles. The standard InChI is InChI=1S/C28H34O2S2/c1-17(2)14-25(23-12-13-24(32-23)27(29)30)31-22-15-18(3)26(19(4)16-22)20-8-10-21(11-9-20)28(5,6)7/h8-13,15-17,25H,14H2,1-7H3,(H,29,30). The molecule has 1 heterocycles. The lowest BCUT2D eigenvalue weighted by Crippen LogP contribution is -2.10. The van der Waals surface area contributed by atoms with Crippen LogP contribution >= 0.6 is 23.1 Å². The Balaban J connectivity index is 1.90. The summed E-state index contributed by atoms with van der Waals surface area (Å²) in [5, 5.41) is 9.58. The Morgan fingerprint density at radius 3 is 2.06 bits per heavy atom. The molecule has 1 atom stereocenters. The third-order valence-electron chi connectivity index (χ3n) is 5.66. The second-order valence-electron chi connectivity index (χ2n) is 10.0. The number of aryl methyl sites for hydroxylation is 2. The number of thioether (sulfide) groups is 1. The van der Waals surface area contributed by atoms with E-state index >= 15 is 0 Å². The fourth-order valence-electron chi connectivity index (χ4n) is 4.04. The zero-order valence-electron chi connectivity index (χ0n) is 20.2. The number of rotatable bonds is 7. The van der Waals surface area contributed by atoms with Crippen LogP contribution in [0, 0.1) is 19.8 Å². The minimum atomic E-state index is -0.844. The first-order valence-electron chi connectivity index (χ1n) is 11.2. The SMILES string of the molecule is Cc1cc(SC(CC(C)C)c2ccc(C(=O)O)s2)cc(C)c1-c1ccc(C(C)(C)C)cc1. The van der Waals surface area contributed by atoms with Gasteiger partial charge in [-0.05, 0) is 83.7 Å². The Kier molecular flexibility index (Phi) is 7.57. The van der Waals surface area contributed by atoms with Crippen LogP contribution in [0.5, 0.6) is 0 Å². The first-order valence-corrected chi connectivity index (χ1v) is 12.9. The molecule has 0 aliphatic heterocycles. The molecule has 0 bridgehead atoms. The third-order valence-corrected chi connectivity index (χ3v) is 8.24. The first-order chi connectivity index (χ1) is 15.0. The summed E-state index contributed by atoms with van der Waals surface area (Å²) in [5.41, 5.74) is 6.61. The van der Waals surface area contributed by atoms with Crippen molar-refractivity contribution >= 4 is 29.1 Å². The maximum absolute atomic E-state index is 11.4. The summed E-state index contributed by atoms with van der Waals surface area (Å²) in [6.07, 6.45) is 1.01. The molecule has 0 aliphatic carbocycles. The molecule has 0 aliphatic rings. The number of thiophene rings is 1. The van der Waals surface area contributed by atoms with E-state index in [4.69, 9.17) is 0 Å². The van der Waals surface area contributed by atoms with Crippen molar-refractivity contribution in [3.63, 3.8) is 0 Å². The molecular weight excluding hydrogens is 432 g/mol. The molecule has 0 fully saturated rings. The summed E-state index contributed by atoms with van der Waals surface area (Å²) in [6.45, 7) is 15.5. The molecule has 3 rings (SSSR count). The minimum Gasteiger partial charge on any atom is -0.477 e. The Labute approximate surface area is 201 Å². The van der Waals surface area contributed by atoms with Gasteiger partial charge in [-0.1, -0.05) is 58.9 Å². The summed E-state index contributed by atoms with van der Waals surface area (Å²) >= 11 is 3.25. The normalized spacial score (nSPS) is 12.9. The summed E-state index contributed by atoms with van der Waals surface area (Å²) in [4.78, 5) is 14.2. The van der Waals surface area contributed by atoms with Crippen molar-refractivity contribution in [2.75, 3.05) is 0 Å². The van der Waals surface area contributed by atoms with Crippen LogP contribution in [0.3, 0.4) is 0 Å². The van der Waals surface area contributed by atoms with Crippen molar-refractivity contribution in [2.24, 2.45) is 5.92 Å². The van der Waals surface area contributed by atoms with Gasteiger partial charge < -0.3 is 5.11 Å². The highest BCUT2D eigenvalue weighted by Crippen LogP contribution is 2.44. The Morgan fingerprint density at radius 1 is 1.00 bits per heavy atom. The van der Waals surface area contributed by atoms with Crippen molar-refractivity contribution in [3.8, 4) is 11.1 Å². The summed E-state index contributed by atoms with van der Waals surface area (Å²) in [6, 6.07) is 17.2. The number of hydrogen-bond acceptors (Lipinski definition) is 3. The summed E-state index contributed by atoms with van der Waals surface area (Å²) < 4.78 is 0. The van der Waals surface area contributed by atoms with Crippen LogP contribution < -0.4 is 0 Å². The number of benzene rings is 2. The van der Waals surface area contributed by atoms with E-state index in [0.29, 0.717) is 10.8 Å². The van der Waals surface area contributed by atoms with E-state index in [9.17, 15) is 9.90 Å². The van der Waals surface area contributed by atoms with Crippen LogP contribution in [0.15, 0.2) is 53.4 Å². The number of carboxylic acids is 1. The second kappa shape index (κ2) is 9.84. The van der Waals surface area contributed by atoms with Crippen molar-refractivity contribution < 1.29 is 9.90 Å². The predicted octanol–water partition coefficient (Wildman–Crippen LogP) is 8.91. The smallest absolute Gasteiger partial charge is 0.345 e. The molecule has 32 heavy (non-hydrogen) atoms. The van der Waals surface area contributed by atoms with E-state index in [1.807, 2.05) is 17.8 Å². The zero-order valence-corrected chi connectivity index (χ0v) is 21.8. The maximum atomic E-state index is 11.4. The maximum Gasteiger partial charge on any atom is 0.345 e. The molecule has 0 amide bonds. The highest BCUT2D eigenvalue weighted by atomic mass is 32.2. The van der Waals surface area contributed by atoms with Crippen molar-refractivity contribution in [1.29, 1.82) is 0 Å². The fourth-order valence-corrected chi connectivity index (χ4v) is 6.66. The van der Waals surface area contributed by atoms with Gasteiger partial charge in [0, 0.05) is 15.0 Å². The minimum absolute atomic E-state index is 0.150. The topological polar surface area (TPSA) is 37.3 Å². The molecule has 3 aromatic rings. The van der Waals surface area contributed by atoms with Crippen LogP contribution in [0.25, 0.3) is 11.1 Å². The van der Waals surface area contributed by atoms with E-state index in [1.54, 1.807) is 6.07 Å². The van der Waals surface area contributed by atoms with Gasteiger partial charge in [-0.15, -0.1) is 23.1 Å². The molecular formula is C28H34O2S2. The quantitative estimate of drug-likeness (QED) is 0.353. The van der Waals surface area contributed by atoms with Crippen LogP contribution in [-0.2, 0) is 5.41 Å². The Hall–Kier alpha value is -2.04. The van der Waals surface area contributed by atoms with Crippen molar-refractivity contribution in [2.45, 2.75) is 70.4 Å². The van der Waals surface area contributed by atoms with Crippen molar-refractivity contribution in [1.82, 2.24) is 0 Å². The van der Waals surface area contributed by atoms with E-state index in [1.165, 1.54) is 44.0 Å². The number of carboxylic acid groups (broad SMARTS) is 1. The first kappa shape index (κ1) is 24.6. The molecule has 170 valence electrons. The molecule has 4 heteroatoms. The van der Waals surface area contributed by atoms with Gasteiger partial charge in [-0.3, -0.25) is 0 Å². The molecule has 2 nitrogen and oxygen atoms in total. The van der Waals surface area contributed by atoms with Gasteiger partial charge in [0.1, 0.15) is 4.88 Å².